The van der Waals surface area contributed by atoms with Gasteiger partial charge in [0.1, 0.15) is 0 Å². The van der Waals surface area contributed by atoms with E-state index in [2.05, 4.69) is 15.7 Å². The van der Waals surface area contributed by atoms with E-state index in [9.17, 15) is 14.7 Å². The van der Waals surface area contributed by atoms with Crippen LogP contribution in [0.4, 0.5) is 0 Å². The SMILES string of the molecule is Cn1cc(C(=O)N[C@@H]2C=C[C@H](CNC(=O)CC(C)(C)O)C2)c(C(C)(C)C)n1. The fraction of sp³-hybridized carbons (Fsp3) is 0.650. The molecule has 1 aliphatic rings. The molecule has 1 aliphatic carbocycles. The molecule has 0 saturated carbocycles. The molecule has 1 aromatic heterocycles. The lowest BCUT2D eigenvalue weighted by molar-refractivity contribution is -0.125. The number of rotatable bonds is 6. The minimum atomic E-state index is -1.01. The van der Waals surface area contributed by atoms with Gasteiger partial charge in [-0.05, 0) is 26.2 Å². The molecule has 0 saturated heterocycles. The summed E-state index contributed by atoms with van der Waals surface area (Å²) in [6, 6.07) is -0.0679. The molecule has 2 atom stereocenters. The van der Waals surface area contributed by atoms with Crippen molar-refractivity contribution in [1.29, 1.82) is 0 Å². The van der Waals surface area contributed by atoms with Crippen LogP contribution in [0.25, 0.3) is 0 Å². The normalized spacial score (nSPS) is 20.0. The Morgan fingerprint density at radius 1 is 1.26 bits per heavy atom. The van der Waals surface area contributed by atoms with Crippen molar-refractivity contribution < 1.29 is 14.7 Å². The maximum atomic E-state index is 12.7. The quantitative estimate of drug-likeness (QED) is 0.658. The number of aliphatic hydroxyl groups is 1. The second-order valence-electron chi connectivity index (χ2n) is 9.07. The van der Waals surface area contributed by atoms with Crippen LogP contribution < -0.4 is 10.6 Å². The lowest BCUT2D eigenvalue weighted by Crippen LogP contribution is -2.36. The van der Waals surface area contributed by atoms with E-state index in [4.69, 9.17) is 0 Å². The number of nitrogens with zero attached hydrogens (tertiary/aromatic N) is 2. The van der Waals surface area contributed by atoms with Crippen molar-refractivity contribution in [3.8, 4) is 0 Å². The molecular weight excluding hydrogens is 344 g/mol. The van der Waals surface area contributed by atoms with Crippen LogP contribution in [0.3, 0.4) is 0 Å². The topological polar surface area (TPSA) is 96.2 Å². The molecule has 0 fully saturated rings. The first-order chi connectivity index (χ1) is 12.3. The second kappa shape index (κ2) is 7.84. The Kier molecular flexibility index (Phi) is 6.14. The van der Waals surface area contributed by atoms with Crippen molar-refractivity contribution in [2.24, 2.45) is 13.0 Å². The minimum absolute atomic E-state index is 0.0679. The molecule has 0 bridgehead atoms. The van der Waals surface area contributed by atoms with E-state index >= 15 is 0 Å². The molecule has 27 heavy (non-hydrogen) atoms. The Balaban J connectivity index is 1.88. The molecule has 0 spiro atoms. The number of carbonyl (C=O) groups is 2. The summed E-state index contributed by atoms with van der Waals surface area (Å²) in [7, 11) is 1.81. The highest BCUT2D eigenvalue weighted by Gasteiger charge is 2.28. The van der Waals surface area contributed by atoms with Crippen LogP contribution in [-0.4, -0.2) is 44.9 Å². The van der Waals surface area contributed by atoms with Crippen molar-refractivity contribution in [3.63, 3.8) is 0 Å². The van der Waals surface area contributed by atoms with Gasteiger partial charge >= 0.3 is 0 Å². The molecule has 0 aliphatic heterocycles. The van der Waals surface area contributed by atoms with Gasteiger partial charge in [-0.25, -0.2) is 0 Å². The second-order valence-corrected chi connectivity index (χ2v) is 9.07. The number of hydrogen-bond donors (Lipinski definition) is 3. The predicted octanol–water partition coefficient (Wildman–Crippen LogP) is 1.67. The van der Waals surface area contributed by atoms with Gasteiger partial charge in [0.15, 0.2) is 0 Å². The van der Waals surface area contributed by atoms with Crippen molar-refractivity contribution in [1.82, 2.24) is 20.4 Å². The zero-order chi connectivity index (χ0) is 20.4. The highest BCUT2D eigenvalue weighted by Crippen LogP contribution is 2.25. The molecule has 7 heteroatoms. The van der Waals surface area contributed by atoms with E-state index in [0.717, 1.165) is 12.1 Å². The van der Waals surface area contributed by atoms with Crippen molar-refractivity contribution in [2.75, 3.05) is 6.54 Å². The van der Waals surface area contributed by atoms with Crippen molar-refractivity contribution in [2.45, 2.75) is 64.5 Å². The van der Waals surface area contributed by atoms with Crippen molar-refractivity contribution >= 4 is 11.8 Å². The van der Waals surface area contributed by atoms with E-state index in [-0.39, 0.29) is 35.6 Å². The Morgan fingerprint density at radius 3 is 2.52 bits per heavy atom. The molecule has 7 nitrogen and oxygen atoms in total. The summed E-state index contributed by atoms with van der Waals surface area (Å²) in [5.74, 6) is -0.139. The lowest BCUT2D eigenvalue weighted by Gasteiger charge is -2.19. The molecule has 1 heterocycles. The van der Waals surface area contributed by atoms with E-state index < -0.39 is 5.60 Å². The van der Waals surface area contributed by atoms with Gasteiger partial charge in [0.05, 0.1) is 23.3 Å². The number of amides is 2. The third-order valence-electron chi connectivity index (χ3n) is 4.43. The molecule has 0 unspecified atom stereocenters. The van der Waals surface area contributed by atoms with E-state index in [1.165, 1.54) is 0 Å². The summed E-state index contributed by atoms with van der Waals surface area (Å²) in [4.78, 5) is 24.5. The molecular formula is C20H32N4O3. The predicted molar refractivity (Wildman–Crippen MR) is 104 cm³/mol. The van der Waals surface area contributed by atoms with Crippen LogP contribution >= 0.6 is 0 Å². The molecule has 2 rings (SSSR count). The van der Waals surface area contributed by atoms with Gasteiger partial charge < -0.3 is 15.7 Å². The summed E-state index contributed by atoms with van der Waals surface area (Å²) < 4.78 is 1.67. The Labute approximate surface area is 161 Å². The summed E-state index contributed by atoms with van der Waals surface area (Å²) >= 11 is 0. The monoisotopic (exact) mass is 376 g/mol. The smallest absolute Gasteiger partial charge is 0.255 e. The van der Waals surface area contributed by atoms with Gasteiger partial charge in [-0.1, -0.05) is 32.9 Å². The van der Waals surface area contributed by atoms with Crippen LogP contribution in [-0.2, 0) is 17.3 Å². The van der Waals surface area contributed by atoms with E-state index in [1.54, 1.807) is 24.7 Å². The molecule has 1 aromatic rings. The first-order valence-corrected chi connectivity index (χ1v) is 9.37. The lowest BCUT2D eigenvalue weighted by atomic mass is 9.89. The molecule has 0 radical (unpaired) electrons. The first kappa shape index (κ1) is 21.2. The highest BCUT2D eigenvalue weighted by molar-refractivity contribution is 5.95. The number of nitrogens with one attached hydrogen (secondary N) is 2. The van der Waals surface area contributed by atoms with Gasteiger partial charge in [0.2, 0.25) is 5.91 Å². The van der Waals surface area contributed by atoms with Crippen LogP contribution in [0, 0.1) is 5.92 Å². The maximum absolute atomic E-state index is 12.7. The van der Waals surface area contributed by atoms with Gasteiger partial charge in [0.25, 0.3) is 5.91 Å². The van der Waals surface area contributed by atoms with Crippen LogP contribution in [0.15, 0.2) is 18.3 Å². The first-order valence-electron chi connectivity index (χ1n) is 9.37. The fourth-order valence-corrected chi connectivity index (χ4v) is 3.19. The number of carbonyl (C=O) groups excluding carboxylic acids is 2. The van der Waals surface area contributed by atoms with Gasteiger partial charge in [-0.15, -0.1) is 0 Å². The average Bonchev–Trinajstić information content (AvgIpc) is 3.09. The van der Waals surface area contributed by atoms with Crippen LogP contribution in [0.5, 0.6) is 0 Å². The standard InChI is InChI=1S/C20H32N4O3/c1-19(2,3)17-15(12-24(6)23-17)18(26)22-14-8-7-13(9-14)11-21-16(25)10-20(4,5)27/h7-8,12-14,27H,9-11H2,1-6H3,(H,21,25)(H,22,26)/t13-,14+/m0/s1. The Morgan fingerprint density at radius 2 is 1.93 bits per heavy atom. The number of aromatic nitrogens is 2. The van der Waals surface area contributed by atoms with E-state index in [0.29, 0.717) is 12.1 Å². The highest BCUT2D eigenvalue weighted by atomic mass is 16.3. The summed E-state index contributed by atoms with van der Waals surface area (Å²) in [6.07, 6.45) is 6.55. The Hall–Kier alpha value is -2.15. The third kappa shape index (κ3) is 6.20. The molecule has 150 valence electrons. The zero-order valence-electron chi connectivity index (χ0n) is 17.2. The fourth-order valence-electron chi connectivity index (χ4n) is 3.19. The minimum Gasteiger partial charge on any atom is -0.390 e. The molecule has 3 N–H and O–H groups in total. The molecule has 0 aromatic carbocycles. The Bertz CT molecular complexity index is 723. The number of aryl methyl sites for hydroxylation is 1. The molecule has 2 amide bonds. The average molecular weight is 377 g/mol. The van der Waals surface area contributed by atoms with Crippen LogP contribution in [0.2, 0.25) is 0 Å². The summed E-state index contributed by atoms with van der Waals surface area (Å²) in [5, 5.41) is 20.0. The summed E-state index contributed by atoms with van der Waals surface area (Å²) in [5.41, 5.74) is 0.146. The maximum Gasteiger partial charge on any atom is 0.255 e. The third-order valence-corrected chi connectivity index (χ3v) is 4.43. The van der Waals surface area contributed by atoms with Gasteiger partial charge in [-0.3, -0.25) is 14.3 Å². The van der Waals surface area contributed by atoms with Crippen LogP contribution in [0.1, 0.15) is 63.5 Å². The summed E-state index contributed by atoms with van der Waals surface area (Å²) in [6.45, 7) is 9.82. The largest absolute Gasteiger partial charge is 0.390 e. The van der Waals surface area contributed by atoms with Gasteiger partial charge in [0, 0.05) is 31.2 Å². The number of hydrogen-bond acceptors (Lipinski definition) is 4. The van der Waals surface area contributed by atoms with E-state index in [1.807, 2.05) is 40.0 Å². The zero-order valence-corrected chi connectivity index (χ0v) is 17.2. The van der Waals surface area contributed by atoms with Crippen molar-refractivity contribution in [3.05, 3.63) is 29.6 Å². The van der Waals surface area contributed by atoms with Gasteiger partial charge in [-0.2, -0.15) is 5.10 Å².